The van der Waals surface area contributed by atoms with E-state index >= 15 is 0 Å². The van der Waals surface area contributed by atoms with Crippen molar-refractivity contribution in [1.82, 2.24) is 4.57 Å². The molecule has 0 atom stereocenters. The number of aryl methyl sites for hydroxylation is 1. The largest absolute Gasteiger partial charge is 0.318 e. The number of likely N-dealkylation sites (N-methyl/N-ethyl adjacent to an activating group) is 1. The fourth-order valence-electron chi connectivity index (χ4n) is 3.82. The van der Waals surface area contributed by atoms with Gasteiger partial charge in [-0.3, -0.25) is 4.79 Å². The lowest BCUT2D eigenvalue weighted by Crippen LogP contribution is -2.25. The quantitative estimate of drug-likeness (QED) is 0.615. The molecule has 2 heterocycles. The lowest BCUT2D eigenvalue weighted by molar-refractivity contribution is -0.112. The second-order valence-corrected chi connectivity index (χ2v) is 6.62. The van der Waals surface area contributed by atoms with E-state index in [1.54, 1.807) is 0 Å². The third-order valence-electron chi connectivity index (χ3n) is 5.06. The van der Waals surface area contributed by atoms with Crippen molar-refractivity contribution in [3.8, 4) is 5.69 Å². The Kier molecular flexibility index (Phi) is 4.00. The van der Waals surface area contributed by atoms with Crippen LogP contribution in [0.1, 0.15) is 29.4 Å². The van der Waals surface area contributed by atoms with Crippen molar-refractivity contribution in [3.63, 3.8) is 0 Å². The maximum atomic E-state index is 12.9. The van der Waals surface area contributed by atoms with E-state index in [1.807, 2.05) is 60.4 Å². The summed E-state index contributed by atoms with van der Waals surface area (Å²) in [5.74, 6) is 0.0817. The summed E-state index contributed by atoms with van der Waals surface area (Å²) in [7, 11) is 0. The van der Waals surface area contributed by atoms with E-state index in [-0.39, 0.29) is 5.91 Å². The molecule has 0 saturated heterocycles. The summed E-state index contributed by atoms with van der Waals surface area (Å²) in [6.07, 6.45) is 2.04. The minimum atomic E-state index is 0.0817. The molecule has 0 spiro atoms. The molecule has 0 radical (unpaired) electrons. The molecular weight excluding hydrogens is 320 g/mol. The van der Waals surface area contributed by atoms with Crippen LogP contribution in [0, 0.1) is 13.8 Å². The van der Waals surface area contributed by atoms with Gasteiger partial charge in [0.05, 0.1) is 5.69 Å². The van der Waals surface area contributed by atoms with Gasteiger partial charge in [0.1, 0.15) is 0 Å². The number of carbonyl (C=O) groups excluding carboxylic acids is 1. The van der Waals surface area contributed by atoms with Gasteiger partial charge in [-0.2, -0.15) is 0 Å². The van der Waals surface area contributed by atoms with Gasteiger partial charge in [0.15, 0.2) is 0 Å². The second-order valence-electron chi connectivity index (χ2n) is 6.62. The van der Waals surface area contributed by atoms with Gasteiger partial charge in [-0.1, -0.05) is 36.4 Å². The number of amides is 1. The molecule has 0 unspecified atom stereocenters. The molecule has 4 rings (SSSR count). The molecule has 0 fully saturated rings. The third-order valence-corrected chi connectivity index (χ3v) is 5.06. The Bertz CT molecular complexity index is 1010. The molecule has 3 nitrogen and oxygen atoms in total. The predicted molar refractivity (Wildman–Crippen MR) is 108 cm³/mol. The van der Waals surface area contributed by atoms with Crippen LogP contribution < -0.4 is 4.90 Å². The Labute approximate surface area is 154 Å². The van der Waals surface area contributed by atoms with E-state index in [9.17, 15) is 4.79 Å². The summed E-state index contributed by atoms with van der Waals surface area (Å²) < 4.78 is 2.23. The Hall–Kier alpha value is -3.07. The molecule has 1 aliphatic rings. The van der Waals surface area contributed by atoms with Gasteiger partial charge < -0.3 is 9.47 Å². The molecule has 0 bridgehead atoms. The van der Waals surface area contributed by atoms with Crippen molar-refractivity contribution in [2.75, 3.05) is 11.4 Å². The minimum Gasteiger partial charge on any atom is -0.318 e. The smallest absolute Gasteiger partial charge is 0.258 e. The predicted octanol–water partition coefficient (Wildman–Crippen LogP) is 5.00. The first-order chi connectivity index (χ1) is 12.6. The Balaban J connectivity index is 1.84. The van der Waals surface area contributed by atoms with Crippen LogP contribution in [-0.2, 0) is 4.79 Å². The van der Waals surface area contributed by atoms with Gasteiger partial charge in [-0.15, -0.1) is 0 Å². The summed E-state index contributed by atoms with van der Waals surface area (Å²) >= 11 is 0. The first kappa shape index (κ1) is 16.4. The average molecular weight is 342 g/mol. The van der Waals surface area contributed by atoms with E-state index in [1.165, 1.54) is 0 Å². The molecule has 1 amide bonds. The highest BCUT2D eigenvalue weighted by molar-refractivity contribution is 6.35. The molecule has 1 aliphatic heterocycles. The molecule has 0 saturated carbocycles. The van der Waals surface area contributed by atoms with Crippen LogP contribution in [0.3, 0.4) is 0 Å². The van der Waals surface area contributed by atoms with E-state index in [4.69, 9.17) is 0 Å². The fraction of sp³-hybridized carbons (Fsp3) is 0.174. The maximum Gasteiger partial charge on any atom is 0.258 e. The summed E-state index contributed by atoms with van der Waals surface area (Å²) in [6, 6.07) is 20.5. The van der Waals surface area contributed by atoms with Crippen LogP contribution in [0.2, 0.25) is 0 Å². The number of hydrogen-bond acceptors (Lipinski definition) is 1. The van der Waals surface area contributed by atoms with Gasteiger partial charge >= 0.3 is 0 Å². The van der Waals surface area contributed by atoms with Crippen LogP contribution >= 0.6 is 0 Å². The zero-order chi connectivity index (χ0) is 18.3. The molecule has 1 aromatic heterocycles. The first-order valence-electron chi connectivity index (χ1n) is 8.99. The summed E-state index contributed by atoms with van der Waals surface area (Å²) in [4.78, 5) is 14.8. The lowest BCUT2D eigenvalue weighted by atomic mass is 10.0. The summed E-state index contributed by atoms with van der Waals surface area (Å²) in [6.45, 7) is 6.90. The molecule has 3 aromatic rings. The van der Waals surface area contributed by atoms with Crippen molar-refractivity contribution in [2.45, 2.75) is 20.8 Å². The Morgan fingerprint density at radius 1 is 0.962 bits per heavy atom. The number of carbonyl (C=O) groups is 1. The topological polar surface area (TPSA) is 25.2 Å². The summed E-state index contributed by atoms with van der Waals surface area (Å²) in [5.41, 5.74) is 7.32. The van der Waals surface area contributed by atoms with Gasteiger partial charge in [-0.05, 0) is 56.7 Å². The number of nitrogens with zero attached hydrogens (tertiary/aromatic N) is 2. The van der Waals surface area contributed by atoms with Crippen molar-refractivity contribution in [2.24, 2.45) is 0 Å². The molecule has 3 heteroatoms. The van der Waals surface area contributed by atoms with E-state index < -0.39 is 0 Å². The zero-order valence-electron chi connectivity index (χ0n) is 15.4. The number of anilines is 1. The third kappa shape index (κ3) is 2.48. The highest BCUT2D eigenvalue weighted by Gasteiger charge is 2.31. The van der Waals surface area contributed by atoms with E-state index in [0.29, 0.717) is 6.54 Å². The van der Waals surface area contributed by atoms with E-state index in [0.717, 1.165) is 39.5 Å². The molecular formula is C23H22N2O. The van der Waals surface area contributed by atoms with Crippen molar-refractivity contribution < 1.29 is 4.79 Å². The second kappa shape index (κ2) is 6.34. The number of para-hydroxylation sites is 2. The maximum absolute atomic E-state index is 12.9. The minimum absolute atomic E-state index is 0.0817. The van der Waals surface area contributed by atoms with Gasteiger partial charge in [0.25, 0.3) is 5.91 Å². The molecule has 26 heavy (non-hydrogen) atoms. The Morgan fingerprint density at radius 2 is 1.65 bits per heavy atom. The number of fused-ring (bicyclic) bond motifs is 1. The average Bonchev–Trinajstić information content (AvgIpc) is 3.09. The first-order valence-corrected chi connectivity index (χ1v) is 8.99. The van der Waals surface area contributed by atoms with Gasteiger partial charge in [0, 0.05) is 34.8 Å². The number of benzene rings is 2. The molecule has 0 aliphatic carbocycles. The molecule has 2 aromatic carbocycles. The van der Waals surface area contributed by atoms with E-state index in [2.05, 4.69) is 36.6 Å². The molecule has 130 valence electrons. The molecule has 0 N–H and O–H groups in total. The summed E-state index contributed by atoms with van der Waals surface area (Å²) in [5, 5.41) is 0. The van der Waals surface area contributed by atoms with Crippen molar-refractivity contribution in [1.29, 1.82) is 0 Å². The van der Waals surface area contributed by atoms with Crippen LogP contribution in [-0.4, -0.2) is 17.0 Å². The van der Waals surface area contributed by atoms with Crippen molar-refractivity contribution in [3.05, 3.63) is 83.2 Å². The van der Waals surface area contributed by atoms with Gasteiger partial charge in [-0.25, -0.2) is 0 Å². The van der Waals surface area contributed by atoms with Crippen molar-refractivity contribution >= 4 is 23.2 Å². The highest BCUT2D eigenvalue weighted by atomic mass is 16.2. The fourth-order valence-corrected chi connectivity index (χ4v) is 3.82. The van der Waals surface area contributed by atoms with Crippen LogP contribution in [0.4, 0.5) is 5.69 Å². The number of aromatic nitrogens is 1. The monoisotopic (exact) mass is 342 g/mol. The SMILES string of the molecule is CCN1C(=O)/C(=C/c2cc(C)n(-c3ccccc3)c2C)c2ccccc21. The number of rotatable bonds is 3. The van der Waals surface area contributed by atoms with Gasteiger partial charge in [0.2, 0.25) is 0 Å². The van der Waals surface area contributed by atoms with Crippen LogP contribution in [0.15, 0.2) is 60.7 Å². The van der Waals surface area contributed by atoms with Crippen LogP contribution in [0.5, 0.6) is 0 Å². The number of hydrogen-bond donors (Lipinski definition) is 0. The highest BCUT2D eigenvalue weighted by Crippen LogP contribution is 2.38. The lowest BCUT2D eigenvalue weighted by Gasteiger charge is -2.13. The zero-order valence-corrected chi connectivity index (χ0v) is 15.4. The normalized spacial score (nSPS) is 15.0. The Morgan fingerprint density at radius 3 is 2.38 bits per heavy atom. The van der Waals surface area contributed by atoms with Crippen LogP contribution in [0.25, 0.3) is 17.3 Å². The standard InChI is InChI=1S/C23H22N2O/c1-4-24-22-13-9-8-12-20(22)21(23(24)26)15-18-14-16(2)25(17(18)3)19-10-6-5-7-11-19/h5-15H,4H2,1-3H3/b21-15+.